The first kappa shape index (κ1) is 9.73. The van der Waals surface area contributed by atoms with E-state index in [1.165, 1.54) is 0 Å². The van der Waals surface area contributed by atoms with E-state index in [0.717, 1.165) is 18.7 Å². The van der Waals surface area contributed by atoms with Gasteiger partial charge in [-0.25, -0.2) is 0 Å². The van der Waals surface area contributed by atoms with Gasteiger partial charge in [0, 0.05) is 18.7 Å². The Bertz CT molecular complexity index is 358. The first-order valence-corrected chi connectivity index (χ1v) is 5.23. The van der Waals surface area contributed by atoms with Gasteiger partial charge in [0.15, 0.2) is 10.4 Å². The molecule has 1 aliphatic heterocycles. The maximum absolute atomic E-state index is 11.6. The van der Waals surface area contributed by atoms with Crippen LogP contribution in [0.1, 0.15) is 16.1 Å². The van der Waals surface area contributed by atoms with Gasteiger partial charge < -0.3 is 15.1 Å². The molecule has 1 aliphatic rings. The van der Waals surface area contributed by atoms with Crippen LogP contribution in [0.25, 0.3) is 0 Å². The van der Waals surface area contributed by atoms with Gasteiger partial charge in [-0.15, -0.1) is 0 Å². The number of furan rings is 1. The molecule has 1 aromatic rings. The zero-order chi connectivity index (χ0) is 10.1. The van der Waals surface area contributed by atoms with Gasteiger partial charge in [0.05, 0.1) is 6.04 Å². The fourth-order valence-corrected chi connectivity index (χ4v) is 1.82. The summed E-state index contributed by atoms with van der Waals surface area (Å²) in [5.74, 6) is 0.253. The largest absolute Gasteiger partial charge is 0.444 e. The lowest BCUT2D eigenvalue weighted by molar-refractivity contribution is 0.0893. The number of amides is 1. The highest BCUT2D eigenvalue weighted by Crippen LogP contribution is 2.19. The van der Waals surface area contributed by atoms with E-state index in [-0.39, 0.29) is 11.9 Å². The quantitative estimate of drug-likeness (QED) is 0.834. The van der Waals surface area contributed by atoms with Crippen LogP contribution in [0.15, 0.2) is 15.2 Å². The minimum atomic E-state index is -0.139. The van der Waals surface area contributed by atoms with Crippen molar-refractivity contribution in [2.45, 2.75) is 13.0 Å². The van der Waals surface area contributed by atoms with Crippen molar-refractivity contribution in [2.75, 3.05) is 13.1 Å². The molecule has 0 saturated carbocycles. The number of rotatable bonds is 2. The third-order valence-corrected chi connectivity index (χ3v) is 2.60. The van der Waals surface area contributed by atoms with Crippen molar-refractivity contribution in [1.82, 2.24) is 10.6 Å². The Kier molecular flexibility index (Phi) is 2.60. The molecular weight excluding hydrogens is 248 g/mol. The van der Waals surface area contributed by atoms with E-state index in [4.69, 9.17) is 4.42 Å². The molecule has 76 valence electrons. The van der Waals surface area contributed by atoms with Crippen LogP contribution in [-0.4, -0.2) is 25.0 Å². The number of aryl methyl sites for hydroxylation is 1. The van der Waals surface area contributed by atoms with Crippen molar-refractivity contribution in [1.29, 1.82) is 0 Å². The Morgan fingerprint density at radius 3 is 2.86 bits per heavy atom. The van der Waals surface area contributed by atoms with Crippen LogP contribution in [0.3, 0.4) is 0 Å². The van der Waals surface area contributed by atoms with Crippen LogP contribution < -0.4 is 10.6 Å². The van der Waals surface area contributed by atoms with Crippen molar-refractivity contribution in [2.24, 2.45) is 0 Å². The van der Waals surface area contributed by atoms with E-state index in [1.54, 1.807) is 6.07 Å². The Balaban J connectivity index is 2.06. The third-order valence-electron chi connectivity index (χ3n) is 2.21. The molecule has 14 heavy (non-hydrogen) atoms. The molecule has 2 rings (SSSR count). The molecule has 0 spiro atoms. The van der Waals surface area contributed by atoms with Gasteiger partial charge in [-0.05, 0) is 28.9 Å². The Morgan fingerprint density at radius 1 is 1.71 bits per heavy atom. The molecule has 1 saturated heterocycles. The van der Waals surface area contributed by atoms with E-state index >= 15 is 0 Å². The maximum Gasteiger partial charge on any atom is 0.287 e. The molecule has 0 aliphatic carbocycles. The van der Waals surface area contributed by atoms with Crippen molar-refractivity contribution in [3.63, 3.8) is 0 Å². The zero-order valence-electron chi connectivity index (χ0n) is 7.76. The van der Waals surface area contributed by atoms with Gasteiger partial charge in [-0.2, -0.15) is 0 Å². The third kappa shape index (κ3) is 1.83. The van der Waals surface area contributed by atoms with E-state index in [1.807, 2.05) is 6.92 Å². The average molecular weight is 259 g/mol. The Morgan fingerprint density at radius 2 is 2.43 bits per heavy atom. The second-order valence-electron chi connectivity index (χ2n) is 3.39. The predicted molar refractivity (Wildman–Crippen MR) is 55.3 cm³/mol. The molecule has 2 heterocycles. The van der Waals surface area contributed by atoms with Gasteiger partial charge >= 0.3 is 0 Å². The smallest absolute Gasteiger partial charge is 0.287 e. The van der Waals surface area contributed by atoms with Crippen LogP contribution in [0.5, 0.6) is 0 Å². The summed E-state index contributed by atoms with van der Waals surface area (Å²) in [7, 11) is 0. The van der Waals surface area contributed by atoms with E-state index in [0.29, 0.717) is 10.4 Å². The zero-order valence-corrected chi connectivity index (χ0v) is 9.35. The summed E-state index contributed by atoms with van der Waals surface area (Å²) < 4.78 is 5.82. The van der Waals surface area contributed by atoms with Crippen molar-refractivity contribution < 1.29 is 9.21 Å². The van der Waals surface area contributed by atoms with Crippen molar-refractivity contribution in [3.8, 4) is 0 Å². The Labute approximate surface area is 90.2 Å². The fourth-order valence-electron chi connectivity index (χ4n) is 1.31. The standard InChI is InChI=1S/C9H11BrN2O2/c1-5-2-7(10)14-8(5)9(13)12-6-3-11-4-6/h2,6,11H,3-4H2,1H3,(H,12,13). The van der Waals surface area contributed by atoms with Gasteiger partial charge in [0.2, 0.25) is 0 Å². The lowest BCUT2D eigenvalue weighted by atomic mass is 10.1. The molecule has 1 aromatic heterocycles. The fraction of sp³-hybridized carbons (Fsp3) is 0.444. The summed E-state index contributed by atoms with van der Waals surface area (Å²) in [5.41, 5.74) is 0.849. The lowest BCUT2D eigenvalue weighted by Crippen LogP contribution is -2.56. The number of nitrogens with one attached hydrogen (secondary N) is 2. The summed E-state index contributed by atoms with van der Waals surface area (Å²) in [6, 6.07) is 2.03. The monoisotopic (exact) mass is 258 g/mol. The first-order valence-electron chi connectivity index (χ1n) is 4.44. The number of carbonyl (C=O) groups is 1. The number of carbonyl (C=O) groups excluding carboxylic acids is 1. The minimum Gasteiger partial charge on any atom is -0.444 e. The molecule has 1 amide bonds. The number of hydrogen-bond donors (Lipinski definition) is 2. The summed E-state index contributed by atoms with van der Waals surface area (Å²) >= 11 is 3.19. The van der Waals surface area contributed by atoms with Crippen molar-refractivity contribution in [3.05, 3.63) is 22.1 Å². The van der Waals surface area contributed by atoms with Crippen LogP contribution in [0.2, 0.25) is 0 Å². The topological polar surface area (TPSA) is 54.3 Å². The summed E-state index contributed by atoms with van der Waals surface area (Å²) in [4.78, 5) is 11.6. The van der Waals surface area contributed by atoms with Crippen LogP contribution in [0.4, 0.5) is 0 Å². The highest BCUT2D eigenvalue weighted by Gasteiger charge is 2.22. The highest BCUT2D eigenvalue weighted by atomic mass is 79.9. The van der Waals surface area contributed by atoms with Gasteiger partial charge in [-0.1, -0.05) is 0 Å². The molecule has 5 heteroatoms. The van der Waals surface area contributed by atoms with Gasteiger partial charge in [0.25, 0.3) is 5.91 Å². The molecule has 0 radical (unpaired) electrons. The summed E-state index contributed by atoms with van der Waals surface area (Å²) in [6.45, 7) is 3.53. The van der Waals surface area contributed by atoms with Crippen molar-refractivity contribution >= 4 is 21.8 Å². The maximum atomic E-state index is 11.6. The first-order chi connectivity index (χ1) is 6.66. The molecule has 0 unspecified atom stereocenters. The molecule has 0 bridgehead atoms. The second kappa shape index (κ2) is 3.74. The predicted octanol–water partition coefficient (Wildman–Crippen LogP) is 1.05. The SMILES string of the molecule is Cc1cc(Br)oc1C(=O)NC1CNC1. The number of halogens is 1. The second-order valence-corrected chi connectivity index (χ2v) is 4.17. The molecular formula is C9H11BrN2O2. The molecule has 2 N–H and O–H groups in total. The minimum absolute atomic E-state index is 0.139. The lowest BCUT2D eigenvalue weighted by Gasteiger charge is -2.27. The molecule has 1 fully saturated rings. The van der Waals surface area contributed by atoms with Gasteiger partial charge in [0.1, 0.15) is 0 Å². The van der Waals surface area contributed by atoms with E-state index in [9.17, 15) is 4.79 Å². The van der Waals surface area contributed by atoms with E-state index < -0.39 is 0 Å². The summed E-state index contributed by atoms with van der Waals surface area (Å²) in [6.07, 6.45) is 0. The molecule has 4 nitrogen and oxygen atoms in total. The Hall–Kier alpha value is -0.810. The molecule has 0 aromatic carbocycles. The number of hydrogen-bond acceptors (Lipinski definition) is 3. The van der Waals surface area contributed by atoms with Crippen LogP contribution >= 0.6 is 15.9 Å². The normalized spacial score (nSPS) is 16.4. The highest BCUT2D eigenvalue weighted by molar-refractivity contribution is 9.10. The average Bonchev–Trinajstić information content (AvgIpc) is 2.37. The summed E-state index contributed by atoms with van der Waals surface area (Å²) in [5, 5.41) is 5.95. The van der Waals surface area contributed by atoms with E-state index in [2.05, 4.69) is 26.6 Å². The van der Waals surface area contributed by atoms with Crippen LogP contribution in [-0.2, 0) is 0 Å². The van der Waals surface area contributed by atoms with Crippen LogP contribution in [0, 0.1) is 6.92 Å². The molecule has 0 atom stereocenters. The van der Waals surface area contributed by atoms with Gasteiger partial charge in [-0.3, -0.25) is 4.79 Å².